The highest BCUT2D eigenvalue weighted by Crippen LogP contribution is 2.17. The normalized spacial score (nSPS) is 14.4. The molecule has 2 heterocycles. The molecule has 0 saturated carbocycles. The maximum Gasteiger partial charge on any atom is 0.303 e. The van der Waals surface area contributed by atoms with Gasteiger partial charge < -0.3 is 18.8 Å². The summed E-state index contributed by atoms with van der Waals surface area (Å²) in [5.74, 6) is 2.09. The Kier molecular flexibility index (Phi) is 8.57. The maximum absolute atomic E-state index is 12.9. The highest BCUT2D eigenvalue weighted by Gasteiger charge is 2.20. The molecule has 0 spiro atoms. The van der Waals surface area contributed by atoms with Gasteiger partial charge in [0.1, 0.15) is 30.5 Å². The third kappa shape index (κ3) is 7.72. The van der Waals surface area contributed by atoms with Crippen molar-refractivity contribution >= 4 is 11.9 Å². The van der Waals surface area contributed by atoms with Crippen LogP contribution in [0, 0.1) is 0 Å². The second kappa shape index (κ2) is 12.2. The van der Waals surface area contributed by atoms with Crippen molar-refractivity contribution < 1.29 is 23.5 Å². The van der Waals surface area contributed by atoms with Gasteiger partial charge in [-0.05, 0) is 41.8 Å². The molecule has 3 aromatic rings. The summed E-state index contributed by atoms with van der Waals surface area (Å²) in [6, 6.07) is 21.6. The molecule has 1 saturated heterocycles. The van der Waals surface area contributed by atoms with E-state index in [4.69, 9.17) is 13.9 Å². The maximum atomic E-state index is 12.9. The topological polar surface area (TPSA) is 72.2 Å². The average molecular weight is 477 g/mol. The van der Waals surface area contributed by atoms with Gasteiger partial charge in [0.25, 0.3) is 0 Å². The summed E-state index contributed by atoms with van der Waals surface area (Å²) in [5.41, 5.74) is 2.11. The minimum atomic E-state index is -0.326. The van der Waals surface area contributed by atoms with Crippen molar-refractivity contribution in [3.8, 4) is 5.75 Å². The van der Waals surface area contributed by atoms with Crippen molar-refractivity contribution in [1.29, 1.82) is 0 Å². The number of nitrogens with zero attached hydrogens (tertiary/aromatic N) is 2. The number of benzene rings is 2. The zero-order chi connectivity index (χ0) is 24.5. The van der Waals surface area contributed by atoms with Crippen molar-refractivity contribution in [1.82, 2.24) is 9.80 Å². The van der Waals surface area contributed by atoms with Gasteiger partial charge in [-0.2, -0.15) is 0 Å². The molecule has 1 amide bonds. The molecule has 0 radical (unpaired) electrons. The van der Waals surface area contributed by atoms with E-state index in [-0.39, 0.29) is 18.5 Å². The summed E-state index contributed by atoms with van der Waals surface area (Å²) in [5, 5.41) is 0. The molecular formula is C28H32N2O5. The summed E-state index contributed by atoms with van der Waals surface area (Å²) in [6.07, 6.45) is 1.30. The van der Waals surface area contributed by atoms with Gasteiger partial charge >= 0.3 is 5.97 Å². The van der Waals surface area contributed by atoms with Crippen molar-refractivity contribution in [3.63, 3.8) is 0 Å². The van der Waals surface area contributed by atoms with E-state index < -0.39 is 0 Å². The van der Waals surface area contributed by atoms with Gasteiger partial charge in [0, 0.05) is 33.1 Å². The van der Waals surface area contributed by atoms with Gasteiger partial charge in [-0.1, -0.05) is 42.5 Å². The number of furan rings is 1. The molecule has 0 bridgehead atoms. The van der Waals surface area contributed by atoms with E-state index in [0.29, 0.717) is 31.9 Å². The molecule has 1 aliphatic rings. The first-order valence-electron chi connectivity index (χ1n) is 12.0. The van der Waals surface area contributed by atoms with Crippen molar-refractivity contribution in [2.45, 2.75) is 39.5 Å². The fraction of sp³-hybridized carbons (Fsp3) is 0.357. The summed E-state index contributed by atoms with van der Waals surface area (Å²) in [6.45, 7) is 5.86. The van der Waals surface area contributed by atoms with Gasteiger partial charge in [0.2, 0.25) is 5.91 Å². The Balaban J connectivity index is 1.22. The van der Waals surface area contributed by atoms with Crippen LogP contribution in [0.5, 0.6) is 5.75 Å². The van der Waals surface area contributed by atoms with Gasteiger partial charge in [-0.3, -0.25) is 14.5 Å². The number of esters is 1. The molecule has 1 fully saturated rings. The van der Waals surface area contributed by atoms with E-state index >= 15 is 0 Å². The van der Waals surface area contributed by atoms with Crippen LogP contribution in [0.2, 0.25) is 0 Å². The molecule has 4 rings (SSSR count). The smallest absolute Gasteiger partial charge is 0.303 e. The summed E-state index contributed by atoms with van der Waals surface area (Å²) >= 11 is 0. The largest absolute Gasteiger partial charge is 0.489 e. The molecule has 0 unspecified atom stereocenters. The van der Waals surface area contributed by atoms with Crippen molar-refractivity contribution in [2.75, 3.05) is 26.2 Å². The number of carbonyl (C=O) groups is 2. The quantitative estimate of drug-likeness (QED) is 0.431. The number of carbonyl (C=O) groups excluding carboxylic acids is 2. The zero-order valence-electron chi connectivity index (χ0n) is 20.2. The van der Waals surface area contributed by atoms with E-state index in [0.717, 1.165) is 48.7 Å². The monoisotopic (exact) mass is 476 g/mol. The van der Waals surface area contributed by atoms with Crippen LogP contribution in [0.4, 0.5) is 0 Å². The lowest BCUT2D eigenvalue weighted by Gasteiger charge is -2.21. The van der Waals surface area contributed by atoms with E-state index in [2.05, 4.69) is 4.90 Å². The van der Waals surface area contributed by atoms with Gasteiger partial charge in [0.15, 0.2) is 0 Å². The van der Waals surface area contributed by atoms with Crippen molar-refractivity contribution in [3.05, 3.63) is 89.4 Å². The standard InChI is InChI=1S/C28H32N2O5/c1-22(31)33-21-27-13-12-26(35-27)19-29-14-5-15-30(17-16-29)28(32)18-23-8-10-25(11-9-23)34-20-24-6-3-2-4-7-24/h2-4,6-13H,5,14-21H2,1H3. The van der Waals surface area contributed by atoms with Gasteiger partial charge in [0.05, 0.1) is 13.0 Å². The Morgan fingerprint density at radius 1 is 0.829 bits per heavy atom. The first-order chi connectivity index (χ1) is 17.0. The first kappa shape index (κ1) is 24.5. The second-order valence-electron chi connectivity index (χ2n) is 8.75. The van der Waals surface area contributed by atoms with Crippen LogP contribution >= 0.6 is 0 Å². The van der Waals surface area contributed by atoms with Crippen LogP contribution in [-0.2, 0) is 40.5 Å². The third-order valence-corrected chi connectivity index (χ3v) is 5.98. The molecule has 1 aliphatic heterocycles. The summed E-state index contributed by atoms with van der Waals surface area (Å²) in [4.78, 5) is 28.1. The first-order valence-corrected chi connectivity index (χ1v) is 12.0. The number of amides is 1. The minimum Gasteiger partial charge on any atom is -0.489 e. The highest BCUT2D eigenvalue weighted by atomic mass is 16.5. The number of ether oxygens (including phenoxy) is 2. The zero-order valence-corrected chi connectivity index (χ0v) is 20.2. The van der Waals surface area contributed by atoms with Crippen LogP contribution < -0.4 is 4.74 Å². The molecule has 2 aromatic carbocycles. The lowest BCUT2D eigenvalue weighted by atomic mass is 10.1. The van der Waals surface area contributed by atoms with Crippen LogP contribution in [0.1, 0.15) is 36.0 Å². The predicted molar refractivity (Wildman–Crippen MR) is 132 cm³/mol. The molecule has 0 atom stereocenters. The third-order valence-electron chi connectivity index (χ3n) is 5.98. The average Bonchev–Trinajstić information content (AvgIpc) is 3.18. The van der Waals surface area contributed by atoms with E-state index in [1.54, 1.807) is 0 Å². The molecule has 7 heteroatoms. The van der Waals surface area contributed by atoms with Crippen LogP contribution in [0.15, 0.2) is 71.1 Å². The number of hydrogen-bond acceptors (Lipinski definition) is 6. The molecule has 0 N–H and O–H groups in total. The summed E-state index contributed by atoms with van der Waals surface area (Å²) in [7, 11) is 0. The Bertz CT molecular complexity index is 1090. The number of rotatable bonds is 9. The fourth-order valence-electron chi connectivity index (χ4n) is 4.09. The van der Waals surface area contributed by atoms with Crippen LogP contribution in [-0.4, -0.2) is 47.9 Å². The molecule has 184 valence electrons. The van der Waals surface area contributed by atoms with Crippen LogP contribution in [0.3, 0.4) is 0 Å². The highest BCUT2D eigenvalue weighted by molar-refractivity contribution is 5.78. The fourth-order valence-corrected chi connectivity index (χ4v) is 4.09. The van der Waals surface area contributed by atoms with Gasteiger partial charge in [-0.25, -0.2) is 0 Å². The lowest BCUT2D eigenvalue weighted by Crippen LogP contribution is -2.36. The minimum absolute atomic E-state index is 0.145. The van der Waals surface area contributed by atoms with E-state index in [1.807, 2.05) is 71.6 Å². The lowest BCUT2D eigenvalue weighted by molar-refractivity contribution is -0.142. The molecule has 7 nitrogen and oxygen atoms in total. The van der Waals surface area contributed by atoms with Crippen molar-refractivity contribution in [2.24, 2.45) is 0 Å². The van der Waals surface area contributed by atoms with E-state index in [9.17, 15) is 9.59 Å². The molecule has 1 aromatic heterocycles. The number of hydrogen-bond donors (Lipinski definition) is 0. The summed E-state index contributed by atoms with van der Waals surface area (Å²) < 4.78 is 16.6. The predicted octanol–water partition coefficient (Wildman–Crippen LogP) is 4.20. The Morgan fingerprint density at radius 2 is 1.60 bits per heavy atom. The molecule has 0 aliphatic carbocycles. The van der Waals surface area contributed by atoms with E-state index in [1.165, 1.54) is 6.92 Å². The SMILES string of the molecule is CC(=O)OCc1ccc(CN2CCCN(C(=O)Cc3ccc(OCc4ccccc4)cc3)CC2)o1. The van der Waals surface area contributed by atoms with Crippen LogP contribution in [0.25, 0.3) is 0 Å². The Hall–Kier alpha value is -3.58. The Morgan fingerprint density at radius 3 is 2.37 bits per heavy atom. The molecule has 35 heavy (non-hydrogen) atoms. The van der Waals surface area contributed by atoms with Gasteiger partial charge in [-0.15, -0.1) is 0 Å². The second-order valence-corrected chi connectivity index (χ2v) is 8.75. The Labute approximate surface area is 206 Å². The molecular weight excluding hydrogens is 444 g/mol.